The molecule has 0 amide bonds. The maximum absolute atomic E-state index is 12.8. The smallest absolute Gasteiger partial charge is 0.328 e. The molecule has 8 nitrogen and oxygen atoms in total. The van der Waals surface area contributed by atoms with E-state index < -0.39 is 22.9 Å². The number of esters is 1. The SMILES string of the molecule is CCOC(=O)C(Cc1ccc(Nc2nc(-c3ccccc3)cc3ccccc23)cc1)Nc1c(OC(C)C)c(=O)c1=O. The molecule has 0 aliphatic heterocycles. The van der Waals surface area contributed by atoms with Gasteiger partial charge in [-0.2, -0.15) is 0 Å². The average Bonchev–Trinajstić information content (AvgIpc) is 2.99. The van der Waals surface area contributed by atoms with Crippen LogP contribution in [0, 0.1) is 0 Å². The number of ether oxygens (including phenoxy) is 2. The van der Waals surface area contributed by atoms with Crippen molar-refractivity contribution in [3.63, 3.8) is 0 Å². The van der Waals surface area contributed by atoms with Crippen LogP contribution in [0.2, 0.25) is 0 Å². The molecular formula is C33H31N3O5. The predicted molar refractivity (Wildman–Crippen MR) is 162 cm³/mol. The number of hydrogen-bond acceptors (Lipinski definition) is 8. The molecule has 4 aromatic carbocycles. The first kappa shape index (κ1) is 27.6. The molecule has 41 heavy (non-hydrogen) atoms. The molecule has 0 saturated carbocycles. The summed E-state index contributed by atoms with van der Waals surface area (Å²) in [4.78, 5) is 41.9. The number of nitrogens with zero attached hydrogens (tertiary/aromatic N) is 1. The third-order valence-electron chi connectivity index (χ3n) is 6.58. The van der Waals surface area contributed by atoms with Crippen LogP contribution in [0.25, 0.3) is 22.0 Å². The van der Waals surface area contributed by atoms with Gasteiger partial charge in [-0.3, -0.25) is 9.59 Å². The monoisotopic (exact) mass is 549 g/mol. The van der Waals surface area contributed by atoms with Gasteiger partial charge >= 0.3 is 5.97 Å². The molecule has 0 bridgehead atoms. The Morgan fingerprint density at radius 1 is 0.902 bits per heavy atom. The van der Waals surface area contributed by atoms with Crippen LogP contribution in [0.15, 0.2) is 94.5 Å². The van der Waals surface area contributed by atoms with E-state index in [1.54, 1.807) is 20.8 Å². The summed E-state index contributed by atoms with van der Waals surface area (Å²) < 4.78 is 10.7. The summed E-state index contributed by atoms with van der Waals surface area (Å²) in [7, 11) is 0. The summed E-state index contributed by atoms with van der Waals surface area (Å²) in [6, 6.07) is 26.9. The summed E-state index contributed by atoms with van der Waals surface area (Å²) in [6.45, 7) is 5.42. The van der Waals surface area contributed by atoms with Crippen molar-refractivity contribution in [3.05, 3.63) is 111 Å². The van der Waals surface area contributed by atoms with Gasteiger partial charge in [-0.15, -0.1) is 0 Å². The second-order valence-corrected chi connectivity index (χ2v) is 9.95. The Morgan fingerprint density at radius 2 is 1.61 bits per heavy atom. The van der Waals surface area contributed by atoms with E-state index >= 15 is 0 Å². The molecule has 5 rings (SSSR count). The number of aromatic nitrogens is 1. The van der Waals surface area contributed by atoms with Crippen molar-refractivity contribution in [2.45, 2.75) is 39.3 Å². The highest BCUT2D eigenvalue weighted by Crippen LogP contribution is 2.30. The molecule has 0 aliphatic carbocycles. The average molecular weight is 550 g/mol. The number of carbonyl (C=O) groups is 1. The lowest BCUT2D eigenvalue weighted by molar-refractivity contribution is -0.144. The van der Waals surface area contributed by atoms with Gasteiger partial charge in [-0.25, -0.2) is 9.78 Å². The number of hydrogen-bond donors (Lipinski definition) is 2. The number of pyridine rings is 1. The van der Waals surface area contributed by atoms with Crippen molar-refractivity contribution < 1.29 is 14.3 Å². The van der Waals surface area contributed by atoms with E-state index in [4.69, 9.17) is 14.5 Å². The summed E-state index contributed by atoms with van der Waals surface area (Å²) >= 11 is 0. The zero-order valence-electron chi connectivity index (χ0n) is 23.1. The summed E-state index contributed by atoms with van der Waals surface area (Å²) in [6.07, 6.45) is -0.0519. The maximum atomic E-state index is 12.8. The second kappa shape index (κ2) is 12.0. The lowest BCUT2D eigenvalue weighted by atomic mass is 10.0. The van der Waals surface area contributed by atoms with Crippen molar-refractivity contribution in [2.75, 3.05) is 17.2 Å². The Hall–Kier alpha value is -4.98. The molecule has 208 valence electrons. The van der Waals surface area contributed by atoms with Gasteiger partial charge < -0.3 is 20.1 Å². The fraction of sp³-hybridized carbons (Fsp3) is 0.212. The molecule has 0 radical (unpaired) electrons. The van der Waals surface area contributed by atoms with E-state index in [0.29, 0.717) is 0 Å². The molecule has 1 heterocycles. The van der Waals surface area contributed by atoms with E-state index in [9.17, 15) is 14.4 Å². The number of fused-ring (bicyclic) bond motifs is 1. The van der Waals surface area contributed by atoms with E-state index in [1.807, 2.05) is 72.8 Å². The fourth-order valence-corrected chi connectivity index (χ4v) is 4.61. The Balaban J connectivity index is 1.37. The Morgan fingerprint density at radius 3 is 2.32 bits per heavy atom. The quantitative estimate of drug-likeness (QED) is 0.162. The van der Waals surface area contributed by atoms with Crippen molar-refractivity contribution in [2.24, 2.45) is 0 Å². The maximum Gasteiger partial charge on any atom is 0.328 e. The zero-order valence-corrected chi connectivity index (χ0v) is 23.1. The normalized spacial score (nSPS) is 11.9. The minimum atomic E-state index is -0.875. The van der Waals surface area contributed by atoms with Crippen molar-refractivity contribution in [1.82, 2.24) is 4.98 Å². The molecule has 8 heteroatoms. The first-order valence-corrected chi connectivity index (χ1v) is 13.6. The van der Waals surface area contributed by atoms with Crippen molar-refractivity contribution in [1.29, 1.82) is 0 Å². The largest absolute Gasteiger partial charge is 0.485 e. The highest BCUT2D eigenvalue weighted by molar-refractivity contribution is 5.95. The van der Waals surface area contributed by atoms with Gasteiger partial charge in [0.2, 0.25) is 0 Å². The molecule has 1 atom stereocenters. The Bertz CT molecular complexity index is 1740. The van der Waals surface area contributed by atoms with Gasteiger partial charge in [0.15, 0.2) is 5.75 Å². The molecule has 0 saturated heterocycles. The number of carbonyl (C=O) groups excluding carboxylic acids is 1. The molecule has 5 aromatic rings. The highest BCUT2D eigenvalue weighted by atomic mass is 16.5. The van der Waals surface area contributed by atoms with Gasteiger partial charge in [-0.1, -0.05) is 66.7 Å². The van der Waals surface area contributed by atoms with Crippen LogP contribution in [0.1, 0.15) is 26.3 Å². The van der Waals surface area contributed by atoms with E-state index in [0.717, 1.165) is 39.1 Å². The van der Waals surface area contributed by atoms with Crippen LogP contribution in [0.3, 0.4) is 0 Å². The van der Waals surface area contributed by atoms with Gasteiger partial charge in [0.25, 0.3) is 10.9 Å². The van der Waals surface area contributed by atoms with Gasteiger partial charge in [0.05, 0.1) is 18.4 Å². The first-order valence-electron chi connectivity index (χ1n) is 13.6. The van der Waals surface area contributed by atoms with Gasteiger partial charge in [0, 0.05) is 23.1 Å². The number of anilines is 3. The van der Waals surface area contributed by atoms with Crippen LogP contribution in [-0.4, -0.2) is 29.7 Å². The fourth-order valence-electron chi connectivity index (χ4n) is 4.61. The summed E-state index contributed by atoms with van der Waals surface area (Å²) in [5.41, 5.74) is 2.16. The number of rotatable bonds is 11. The summed E-state index contributed by atoms with van der Waals surface area (Å²) in [5.74, 6) is 0.168. The topological polar surface area (TPSA) is 107 Å². The lowest BCUT2D eigenvalue weighted by Crippen LogP contribution is -2.42. The van der Waals surface area contributed by atoms with Crippen molar-refractivity contribution >= 4 is 33.9 Å². The van der Waals surface area contributed by atoms with E-state index in [1.165, 1.54) is 0 Å². The van der Waals surface area contributed by atoms with Crippen LogP contribution in [0.5, 0.6) is 5.75 Å². The Labute approximate surface area is 237 Å². The van der Waals surface area contributed by atoms with Crippen LogP contribution in [0.4, 0.5) is 17.2 Å². The molecular weight excluding hydrogens is 518 g/mol. The minimum Gasteiger partial charge on any atom is -0.485 e. The van der Waals surface area contributed by atoms with E-state index in [2.05, 4.69) is 22.8 Å². The van der Waals surface area contributed by atoms with E-state index in [-0.39, 0.29) is 30.6 Å². The molecule has 0 fully saturated rings. The first-order chi connectivity index (χ1) is 19.8. The standard InChI is InChI=1S/C33H31N3O5/c1-4-40-33(39)27(35-28-29(37)30(38)31(28)41-20(2)3)18-21-14-16-24(17-15-21)34-32-25-13-9-8-12-23(25)19-26(36-32)22-10-6-5-7-11-22/h5-17,19-20,27,35H,4,18H2,1-3H3,(H,34,36). The highest BCUT2D eigenvalue weighted by Gasteiger charge is 2.29. The molecule has 1 aromatic heterocycles. The third-order valence-corrected chi connectivity index (χ3v) is 6.58. The number of benzene rings is 3. The Kier molecular flexibility index (Phi) is 8.10. The number of nitrogens with one attached hydrogen (secondary N) is 2. The molecule has 2 N–H and O–H groups in total. The third kappa shape index (κ3) is 6.11. The lowest BCUT2D eigenvalue weighted by Gasteiger charge is -2.22. The predicted octanol–water partition coefficient (Wildman–Crippen LogP) is 5.61. The summed E-state index contributed by atoms with van der Waals surface area (Å²) in [5, 5.41) is 8.41. The molecule has 1 unspecified atom stereocenters. The molecule has 0 spiro atoms. The van der Waals surface area contributed by atoms with Crippen LogP contribution < -0.4 is 26.2 Å². The van der Waals surface area contributed by atoms with Crippen LogP contribution in [-0.2, 0) is 16.0 Å². The van der Waals surface area contributed by atoms with Crippen LogP contribution >= 0.6 is 0 Å². The minimum absolute atomic E-state index is 0.0105. The second-order valence-electron chi connectivity index (χ2n) is 9.95. The zero-order chi connectivity index (χ0) is 28.9. The van der Waals surface area contributed by atoms with Gasteiger partial charge in [0.1, 0.15) is 17.5 Å². The molecule has 0 aliphatic rings. The van der Waals surface area contributed by atoms with Crippen molar-refractivity contribution in [3.8, 4) is 17.0 Å². The van der Waals surface area contributed by atoms with Gasteiger partial charge in [-0.05, 0) is 49.9 Å².